The molecule has 1 atom stereocenters. The van der Waals surface area contributed by atoms with Crippen LogP contribution in [0.15, 0.2) is 48.9 Å². The van der Waals surface area contributed by atoms with Crippen molar-refractivity contribution >= 4 is 17.2 Å². The highest BCUT2D eigenvalue weighted by Gasteiger charge is 2.26. The van der Waals surface area contributed by atoms with Crippen molar-refractivity contribution in [2.45, 2.75) is 31.9 Å². The zero-order chi connectivity index (χ0) is 25.1. The highest BCUT2D eigenvalue weighted by atomic mass is 19.1. The predicted molar refractivity (Wildman–Crippen MR) is 129 cm³/mol. The first-order chi connectivity index (χ1) is 17.6. The first kappa shape index (κ1) is 23.3. The van der Waals surface area contributed by atoms with E-state index in [1.807, 2.05) is 24.3 Å². The average molecular weight is 487 g/mol. The smallest absolute Gasteiger partial charge is 0.236 e. The van der Waals surface area contributed by atoms with Gasteiger partial charge in [0.1, 0.15) is 12.1 Å². The van der Waals surface area contributed by atoms with Crippen molar-refractivity contribution < 1.29 is 14.3 Å². The molecular weight excluding hydrogens is 463 g/mol. The van der Waals surface area contributed by atoms with Crippen LogP contribution in [0.5, 0.6) is 0 Å². The minimum atomic E-state index is -0.644. The number of hydrogen-bond acceptors (Lipinski definition) is 8. The number of halogens is 1. The van der Waals surface area contributed by atoms with Gasteiger partial charge in [-0.15, -0.1) is 0 Å². The summed E-state index contributed by atoms with van der Waals surface area (Å²) in [5.41, 5.74) is 2.35. The Morgan fingerprint density at radius 2 is 2.14 bits per heavy atom. The maximum atomic E-state index is 15.8. The Morgan fingerprint density at radius 1 is 1.25 bits per heavy atom. The number of fused-ring (bicyclic) bond motifs is 1. The van der Waals surface area contributed by atoms with E-state index in [1.165, 1.54) is 6.20 Å². The summed E-state index contributed by atoms with van der Waals surface area (Å²) in [7, 11) is 0. The van der Waals surface area contributed by atoms with E-state index in [4.69, 9.17) is 5.26 Å². The number of likely N-dealkylation sites (tertiary alicyclic amines) is 1. The SMILES string of the molecule is N#CCC(=O)N1CCC[C@@H](Nc2nc(-c3cnn4ccccc34)nc(-c3ccc(CO)nc3)c2F)C1. The Kier molecular flexibility index (Phi) is 6.51. The van der Waals surface area contributed by atoms with E-state index in [2.05, 4.69) is 25.4 Å². The fourth-order valence-electron chi connectivity index (χ4n) is 4.31. The number of piperidine rings is 1. The van der Waals surface area contributed by atoms with Gasteiger partial charge in [0.05, 0.1) is 35.6 Å². The Morgan fingerprint density at radius 3 is 2.92 bits per heavy atom. The molecule has 1 fully saturated rings. The third kappa shape index (κ3) is 4.58. The third-order valence-electron chi connectivity index (χ3n) is 6.12. The lowest BCUT2D eigenvalue weighted by Gasteiger charge is -2.33. The molecule has 5 rings (SSSR count). The molecule has 0 spiro atoms. The molecule has 1 saturated heterocycles. The second-order valence-corrected chi connectivity index (χ2v) is 8.50. The number of carbonyl (C=O) groups excluding carboxylic acids is 1. The Hall–Kier alpha value is -4.43. The summed E-state index contributed by atoms with van der Waals surface area (Å²) in [6.07, 6.45) is 6.15. The highest BCUT2D eigenvalue weighted by molar-refractivity contribution is 5.79. The van der Waals surface area contributed by atoms with Gasteiger partial charge in [-0.2, -0.15) is 10.4 Å². The molecule has 36 heavy (non-hydrogen) atoms. The van der Waals surface area contributed by atoms with Gasteiger partial charge in [-0.1, -0.05) is 6.07 Å². The van der Waals surface area contributed by atoms with E-state index in [0.29, 0.717) is 36.3 Å². The number of rotatable bonds is 6. The molecule has 4 aromatic heterocycles. The molecule has 10 nitrogen and oxygen atoms in total. The molecule has 1 aliphatic heterocycles. The Bertz CT molecular complexity index is 1450. The topological polar surface area (TPSA) is 132 Å². The Balaban J connectivity index is 1.55. The van der Waals surface area contributed by atoms with Crippen molar-refractivity contribution in [3.05, 3.63) is 60.4 Å². The number of aliphatic hydroxyl groups excluding tert-OH is 1. The van der Waals surface area contributed by atoms with Gasteiger partial charge in [-0.3, -0.25) is 9.78 Å². The number of amides is 1. The van der Waals surface area contributed by atoms with Crippen LogP contribution in [-0.2, 0) is 11.4 Å². The summed E-state index contributed by atoms with van der Waals surface area (Å²) in [6.45, 7) is 0.681. The van der Waals surface area contributed by atoms with Crippen molar-refractivity contribution in [1.82, 2.24) is 29.5 Å². The summed E-state index contributed by atoms with van der Waals surface area (Å²) in [5, 5.41) is 25.7. The first-order valence-electron chi connectivity index (χ1n) is 11.5. The molecule has 11 heteroatoms. The van der Waals surface area contributed by atoms with Crippen molar-refractivity contribution in [2.75, 3.05) is 18.4 Å². The second kappa shape index (κ2) is 10.1. The molecule has 0 bridgehead atoms. The van der Waals surface area contributed by atoms with Gasteiger partial charge in [0, 0.05) is 37.1 Å². The summed E-state index contributed by atoms with van der Waals surface area (Å²) in [4.78, 5) is 27.1. The molecule has 4 aromatic rings. The molecule has 0 saturated carbocycles. The molecular formula is C25H23FN8O2. The van der Waals surface area contributed by atoms with Crippen LogP contribution >= 0.6 is 0 Å². The van der Waals surface area contributed by atoms with E-state index >= 15 is 4.39 Å². The van der Waals surface area contributed by atoms with Crippen LogP contribution in [0.1, 0.15) is 25.0 Å². The van der Waals surface area contributed by atoms with E-state index < -0.39 is 5.82 Å². The van der Waals surface area contributed by atoms with Gasteiger partial charge in [0.25, 0.3) is 0 Å². The van der Waals surface area contributed by atoms with Gasteiger partial charge >= 0.3 is 0 Å². The highest BCUT2D eigenvalue weighted by Crippen LogP contribution is 2.31. The maximum Gasteiger partial charge on any atom is 0.236 e. The molecule has 182 valence electrons. The van der Waals surface area contributed by atoms with Crippen molar-refractivity contribution in [1.29, 1.82) is 5.26 Å². The fraction of sp³-hybridized carbons (Fsp3) is 0.280. The summed E-state index contributed by atoms with van der Waals surface area (Å²) in [6, 6.07) is 10.5. The number of aliphatic hydroxyl groups is 1. The molecule has 1 amide bonds. The zero-order valence-electron chi connectivity index (χ0n) is 19.3. The lowest BCUT2D eigenvalue weighted by atomic mass is 10.0. The standard InChI is InChI=1S/C25H23FN8O2/c26-22-23(16-6-7-18(15-35)28-12-16)31-24(19-13-29-34-11-2-1-5-20(19)34)32-25(22)30-17-4-3-10-33(14-17)21(36)8-9-27/h1-2,5-7,11-13,17,35H,3-4,8,10,14-15H2,(H,30,31,32)/t17-/m1/s1. The number of anilines is 1. The van der Waals surface area contributed by atoms with E-state index in [0.717, 1.165) is 11.9 Å². The number of aromatic nitrogens is 5. The summed E-state index contributed by atoms with van der Waals surface area (Å²) in [5.74, 6) is -0.588. The maximum absolute atomic E-state index is 15.8. The second-order valence-electron chi connectivity index (χ2n) is 8.50. The molecule has 0 aliphatic carbocycles. The summed E-state index contributed by atoms with van der Waals surface area (Å²) >= 11 is 0. The number of nitrogens with zero attached hydrogens (tertiary/aromatic N) is 7. The summed E-state index contributed by atoms with van der Waals surface area (Å²) < 4.78 is 17.5. The number of pyridine rings is 2. The van der Waals surface area contributed by atoms with Crippen LogP contribution < -0.4 is 5.32 Å². The Labute approximate surface area is 206 Å². The average Bonchev–Trinajstić information content (AvgIpc) is 3.34. The molecule has 5 heterocycles. The third-order valence-corrected chi connectivity index (χ3v) is 6.12. The number of hydrogen-bond donors (Lipinski definition) is 2. The number of carbonyl (C=O) groups is 1. The van der Waals surface area contributed by atoms with Crippen LogP contribution in [0, 0.1) is 17.1 Å². The van der Waals surface area contributed by atoms with Crippen molar-refractivity contribution in [3.63, 3.8) is 0 Å². The molecule has 2 N–H and O–H groups in total. The number of nitrogens with one attached hydrogen (secondary N) is 1. The van der Waals surface area contributed by atoms with Crippen LogP contribution in [-0.4, -0.2) is 59.6 Å². The predicted octanol–water partition coefficient (Wildman–Crippen LogP) is 2.80. The van der Waals surface area contributed by atoms with Gasteiger partial charge < -0.3 is 15.3 Å². The van der Waals surface area contributed by atoms with Gasteiger partial charge in [0.15, 0.2) is 17.5 Å². The van der Waals surface area contributed by atoms with Crippen molar-refractivity contribution in [3.8, 4) is 28.7 Å². The number of nitriles is 1. The van der Waals surface area contributed by atoms with E-state index in [1.54, 1.807) is 33.9 Å². The zero-order valence-corrected chi connectivity index (χ0v) is 19.3. The van der Waals surface area contributed by atoms with Gasteiger partial charge in [-0.05, 0) is 37.1 Å². The largest absolute Gasteiger partial charge is 0.390 e. The minimum absolute atomic E-state index is 0.0103. The lowest BCUT2D eigenvalue weighted by Crippen LogP contribution is -2.45. The fourth-order valence-corrected chi connectivity index (χ4v) is 4.31. The monoisotopic (exact) mass is 486 g/mol. The molecule has 1 aliphatic rings. The normalized spacial score (nSPS) is 15.6. The van der Waals surface area contributed by atoms with Gasteiger partial charge in [0.2, 0.25) is 5.91 Å². The molecule has 0 unspecified atom stereocenters. The van der Waals surface area contributed by atoms with Crippen LogP contribution in [0.2, 0.25) is 0 Å². The molecule has 0 aromatic carbocycles. The van der Waals surface area contributed by atoms with Crippen molar-refractivity contribution in [2.24, 2.45) is 0 Å². The van der Waals surface area contributed by atoms with E-state index in [9.17, 15) is 9.90 Å². The van der Waals surface area contributed by atoms with Gasteiger partial charge in [-0.25, -0.2) is 18.9 Å². The quantitative estimate of drug-likeness (QED) is 0.425. The lowest BCUT2D eigenvalue weighted by molar-refractivity contribution is -0.131. The first-order valence-corrected chi connectivity index (χ1v) is 11.5. The molecule has 0 radical (unpaired) electrons. The van der Waals surface area contributed by atoms with E-state index in [-0.39, 0.29) is 42.3 Å². The van der Waals surface area contributed by atoms with Crippen LogP contribution in [0.25, 0.3) is 28.2 Å². The van der Waals surface area contributed by atoms with Crippen LogP contribution in [0.3, 0.4) is 0 Å². The minimum Gasteiger partial charge on any atom is -0.390 e. The van der Waals surface area contributed by atoms with Crippen LogP contribution in [0.4, 0.5) is 10.2 Å².